The number of benzene rings is 1. The lowest BCUT2D eigenvalue weighted by Gasteiger charge is -2.24. The van der Waals surface area contributed by atoms with Gasteiger partial charge in [-0.25, -0.2) is 0 Å². The highest BCUT2D eigenvalue weighted by Crippen LogP contribution is 2.34. The van der Waals surface area contributed by atoms with Crippen LogP contribution in [0.25, 0.3) is 0 Å². The van der Waals surface area contributed by atoms with E-state index in [1.807, 2.05) is 11.8 Å². The van der Waals surface area contributed by atoms with Crippen molar-refractivity contribution in [2.75, 3.05) is 22.6 Å². The summed E-state index contributed by atoms with van der Waals surface area (Å²) < 4.78 is 0. The fraction of sp³-hybridized carbons (Fsp3) is 0.455. The van der Waals surface area contributed by atoms with Crippen molar-refractivity contribution in [1.82, 2.24) is 0 Å². The molecule has 1 aliphatic rings. The molecule has 5 heteroatoms. The van der Waals surface area contributed by atoms with Crippen molar-refractivity contribution in [3.63, 3.8) is 0 Å². The predicted octanol–water partition coefficient (Wildman–Crippen LogP) is 3.88. The van der Waals surface area contributed by atoms with Gasteiger partial charge in [-0.2, -0.15) is 11.8 Å². The van der Waals surface area contributed by atoms with Gasteiger partial charge in [0.1, 0.15) is 0 Å². The summed E-state index contributed by atoms with van der Waals surface area (Å²) in [5, 5.41) is 4.61. The third kappa shape index (κ3) is 2.90. The molecule has 3 N–H and O–H groups in total. The Balaban J connectivity index is 2.14. The number of thioether (sulfide) groups is 1. The van der Waals surface area contributed by atoms with Crippen LogP contribution < -0.4 is 11.1 Å². The van der Waals surface area contributed by atoms with E-state index in [0.29, 0.717) is 21.8 Å². The lowest BCUT2D eigenvalue weighted by atomic mass is 10.1. The molecule has 0 radical (unpaired) electrons. The summed E-state index contributed by atoms with van der Waals surface area (Å²) in [5.41, 5.74) is 7.07. The van der Waals surface area contributed by atoms with Crippen molar-refractivity contribution in [1.29, 1.82) is 0 Å². The molecule has 0 amide bonds. The van der Waals surface area contributed by atoms with Crippen molar-refractivity contribution in [2.24, 2.45) is 0 Å². The van der Waals surface area contributed by atoms with Gasteiger partial charge in [-0.1, -0.05) is 23.2 Å². The average molecular weight is 277 g/mol. The normalized spacial score (nSPS) is 17.4. The Labute approximate surface area is 110 Å². The van der Waals surface area contributed by atoms with Gasteiger partial charge >= 0.3 is 0 Å². The van der Waals surface area contributed by atoms with Crippen molar-refractivity contribution in [3.8, 4) is 0 Å². The first-order chi connectivity index (χ1) is 7.66. The summed E-state index contributed by atoms with van der Waals surface area (Å²) in [6.45, 7) is 0. The lowest BCUT2D eigenvalue weighted by molar-refractivity contribution is 0.667. The van der Waals surface area contributed by atoms with E-state index in [4.69, 9.17) is 28.9 Å². The van der Waals surface area contributed by atoms with E-state index in [9.17, 15) is 0 Å². The van der Waals surface area contributed by atoms with Gasteiger partial charge in [0.2, 0.25) is 0 Å². The van der Waals surface area contributed by atoms with Crippen LogP contribution in [0.1, 0.15) is 12.8 Å². The van der Waals surface area contributed by atoms with Crippen LogP contribution in [0.3, 0.4) is 0 Å². The van der Waals surface area contributed by atoms with Crippen molar-refractivity contribution in [2.45, 2.75) is 18.9 Å². The molecule has 1 aromatic carbocycles. The molecular formula is C11H14Cl2N2S. The highest BCUT2D eigenvalue weighted by molar-refractivity contribution is 7.99. The number of hydrogen-bond donors (Lipinski definition) is 2. The summed E-state index contributed by atoms with van der Waals surface area (Å²) in [6.07, 6.45) is 2.31. The Kier molecular flexibility index (Phi) is 4.11. The first-order valence-electron chi connectivity index (χ1n) is 5.25. The molecule has 0 unspecified atom stereocenters. The Bertz CT molecular complexity index is 355. The second kappa shape index (κ2) is 5.39. The van der Waals surface area contributed by atoms with E-state index in [-0.39, 0.29) is 0 Å². The highest BCUT2D eigenvalue weighted by Gasteiger charge is 2.16. The molecule has 0 saturated carbocycles. The standard InChI is InChI=1S/C11H14Cl2N2S/c12-9-5-7(14)6-10(13)11(9)15-8-1-3-16-4-2-8/h5-6,8,15H,1-4,14H2. The second-order valence-electron chi connectivity index (χ2n) is 3.89. The molecular weight excluding hydrogens is 263 g/mol. The van der Waals surface area contributed by atoms with E-state index in [1.54, 1.807) is 12.1 Å². The average Bonchev–Trinajstić information content (AvgIpc) is 2.25. The quantitative estimate of drug-likeness (QED) is 0.805. The predicted molar refractivity (Wildman–Crippen MR) is 74.8 cm³/mol. The molecule has 1 saturated heterocycles. The van der Waals surface area contributed by atoms with Gasteiger partial charge in [0.25, 0.3) is 0 Å². The monoisotopic (exact) mass is 276 g/mol. The zero-order valence-corrected chi connectivity index (χ0v) is 11.1. The van der Waals surface area contributed by atoms with Crippen LogP contribution in [0.15, 0.2) is 12.1 Å². The number of anilines is 2. The van der Waals surface area contributed by atoms with Crippen LogP contribution in [0, 0.1) is 0 Å². The number of rotatable bonds is 2. The first kappa shape index (κ1) is 12.2. The third-order valence-electron chi connectivity index (χ3n) is 2.63. The van der Waals surface area contributed by atoms with E-state index < -0.39 is 0 Å². The van der Waals surface area contributed by atoms with E-state index in [0.717, 1.165) is 18.5 Å². The molecule has 2 rings (SSSR count). The van der Waals surface area contributed by atoms with Gasteiger partial charge in [-0.05, 0) is 36.5 Å². The smallest absolute Gasteiger partial charge is 0.0722 e. The van der Waals surface area contributed by atoms with Gasteiger partial charge in [-0.3, -0.25) is 0 Å². The highest BCUT2D eigenvalue weighted by atomic mass is 35.5. The van der Waals surface area contributed by atoms with Crippen LogP contribution in [-0.4, -0.2) is 17.5 Å². The summed E-state index contributed by atoms with van der Waals surface area (Å²) in [6, 6.07) is 3.93. The molecule has 0 spiro atoms. The molecule has 0 aliphatic carbocycles. The maximum atomic E-state index is 6.12. The van der Waals surface area contributed by atoms with Gasteiger partial charge in [0.15, 0.2) is 0 Å². The minimum absolute atomic E-state index is 0.472. The molecule has 0 atom stereocenters. The van der Waals surface area contributed by atoms with E-state index in [1.165, 1.54) is 11.5 Å². The van der Waals surface area contributed by atoms with Gasteiger partial charge in [0, 0.05) is 11.7 Å². The van der Waals surface area contributed by atoms with Crippen LogP contribution >= 0.6 is 35.0 Å². The molecule has 0 aromatic heterocycles. The molecule has 1 heterocycles. The van der Waals surface area contributed by atoms with Crippen molar-refractivity contribution < 1.29 is 0 Å². The molecule has 88 valence electrons. The summed E-state index contributed by atoms with van der Waals surface area (Å²) in [5.74, 6) is 2.39. The van der Waals surface area contributed by atoms with E-state index >= 15 is 0 Å². The minimum Gasteiger partial charge on any atom is -0.399 e. The Morgan fingerprint density at radius 1 is 1.19 bits per heavy atom. The summed E-state index contributed by atoms with van der Waals surface area (Å²) >= 11 is 14.2. The SMILES string of the molecule is Nc1cc(Cl)c(NC2CCSCC2)c(Cl)c1. The van der Waals surface area contributed by atoms with Crippen LogP contribution in [0.2, 0.25) is 10.0 Å². The fourth-order valence-electron chi connectivity index (χ4n) is 1.78. The first-order valence-corrected chi connectivity index (χ1v) is 7.16. The molecule has 1 aliphatic heterocycles. The maximum absolute atomic E-state index is 6.12. The molecule has 2 nitrogen and oxygen atoms in total. The van der Waals surface area contributed by atoms with Crippen LogP contribution in [-0.2, 0) is 0 Å². The van der Waals surface area contributed by atoms with Gasteiger partial charge in [-0.15, -0.1) is 0 Å². The maximum Gasteiger partial charge on any atom is 0.0722 e. The number of nitrogen functional groups attached to an aromatic ring is 1. The summed E-state index contributed by atoms with van der Waals surface area (Å²) in [4.78, 5) is 0. The Morgan fingerprint density at radius 3 is 2.31 bits per heavy atom. The number of nitrogens with one attached hydrogen (secondary N) is 1. The van der Waals surface area contributed by atoms with Crippen molar-refractivity contribution in [3.05, 3.63) is 22.2 Å². The number of hydrogen-bond acceptors (Lipinski definition) is 3. The zero-order chi connectivity index (χ0) is 11.5. The van der Waals surface area contributed by atoms with Crippen LogP contribution in [0.4, 0.5) is 11.4 Å². The number of halogens is 2. The zero-order valence-electron chi connectivity index (χ0n) is 8.80. The summed E-state index contributed by atoms with van der Waals surface area (Å²) in [7, 11) is 0. The van der Waals surface area contributed by atoms with Crippen LogP contribution in [0.5, 0.6) is 0 Å². The molecule has 0 bridgehead atoms. The third-order valence-corrected chi connectivity index (χ3v) is 4.28. The molecule has 1 fully saturated rings. The van der Waals surface area contributed by atoms with Gasteiger partial charge in [0.05, 0.1) is 15.7 Å². The fourth-order valence-corrected chi connectivity index (χ4v) is 3.50. The minimum atomic E-state index is 0.472. The second-order valence-corrected chi connectivity index (χ2v) is 5.93. The molecule has 16 heavy (non-hydrogen) atoms. The number of nitrogens with two attached hydrogens (primary N) is 1. The Morgan fingerprint density at radius 2 is 1.75 bits per heavy atom. The topological polar surface area (TPSA) is 38.0 Å². The largest absolute Gasteiger partial charge is 0.399 e. The molecule has 1 aromatic rings. The van der Waals surface area contributed by atoms with Crippen molar-refractivity contribution >= 4 is 46.3 Å². The Hall–Kier alpha value is -0.250. The van der Waals surface area contributed by atoms with Gasteiger partial charge < -0.3 is 11.1 Å². The van der Waals surface area contributed by atoms with E-state index in [2.05, 4.69) is 5.32 Å². The lowest BCUT2D eigenvalue weighted by Crippen LogP contribution is -2.24.